The lowest BCUT2D eigenvalue weighted by molar-refractivity contribution is -0.00900. The molecule has 2 heterocycles. The number of hydrogen-bond acceptors (Lipinski definition) is 5. The predicted octanol–water partition coefficient (Wildman–Crippen LogP) is 2.16. The molecule has 2 unspecified atom stereocenters. The summed E-state index contributed by atoms with van der Waals surface area (Å²) in [6, 6.07) is 2.37. The minimum atomic E-state index is 0.364. The number of morpholine rings is 1. The van der Waals surface area contributed by atoms with Crippen molar-refractivity contribution < 1.29 is 4.74 Å². The van der Waals surface area contributed by atoms with Crippen LogP contribution in [0.1, 0.15) is 44.9 Å². The summed E-state index contributed by atoms with van der Waals surface area (Å²) in [6.07, 6.45) is 7.21. The molecule has 1 aliphatic carbocycles. The standard InChI is InChI=1S/C15H24N4O/c1-2-5-14-17-13(16)10-15(18-14)19-8-9-20-12-7-4-3-6-11(12)19/h10-12H,2-9H2,1H3,(H2,16,17,18). The van der Waals surface area contributed by atoms with Crippen molar-refractivity contribution in [1.29, 1.82) is 0 Å². The van der Waals surface area contributed by atoms with Gasteiger partial charge in [-0.2, -0.15) is 0 Å². The third kappa shape index (κ3) is 2.73. The van der Waals surface area contributed by atoms with Crippen molar-refractivity contribution >= 4 is 11.6 Å². The Labute approximate surface area is 120 Å². The molecule has 20 heavy (non-hydrogen) atoms. The molecular formula is C15H24N4O. The van der Waals surface area contributed by atoms with Crippen molar-refractivity contribution in [2.45, 2.75) is 57.6 Å². The second kappa shape index (κ2) is 5.95. The van der Waals surface area contributed by atoms with Gasteiger partial charge in [-0.25, -0.2) is 9.97 Å². The average Bonchev–Trinajstić information content (AvgIpc) is 2.46. The van der Waals surface area contributed by atoms with E-state index in [1.54, 1.807) is 0 Å². The third-order valence-corrected chi connectivity index (χ3v) is 4.28. The van der Waals surface area contributed by atoms with Gasteiger partial charge in [0, 0.05) is 19.0 Å². The van der Waals surface area contributed by atoms with Gasteiger partial charge in [-0.15, -0.1) is 0 Å². The number of aromatic nitrogens is 2. The van der Waals surface area contributed by atoms with E-state index in [9.17, 15) is 0 Å². The van der Waals surface area contributed by atoms with Gasteiger partial charge in [-0.1, -0.05) is 19.8 Å². The largest absolute Gasteiger partial charge is 0.384 e. The molecule has 3 rings (SSSR count). The molecule has 1 saturated carbocycles. The molecule has 1 saturated heterocycles. The number of anilines is 2. The molecule has 5 nitrogen and oxygen atoms in total. The summed E-state index contributed by atoms with van der Waals surface area (Å²) in [4.78, 5) is 11.4. The first kappa shape index (κ1) is 13.6. The average molecular weight is 276 g/mol. The van der Waals surface area contributed by atoms with E-state index in [-0.39, 0.29) is 0 Å². The van der Waals surface area contributed by atoms with Crippen LogP contribution < -0.4 is 10.6 Å². The molecule has 110 valence electrons. The number of nitrogen functional groups attached to an aromatic ring is 1. The topological polar surface area (TPSA) is 64.3 Å². The van der Waals surface area contributed by atoms with E-state index in [1.807, 2.05) is 6.07 Å². The van der Waals surface area contributed by atoms with Crippen LogP contribution in [0.3, 0.4) is 0 Å². The van der Waals surface area contributed by atoms with Crippen molar-refractivity contribution in [3.63, 3.8) is 0 Å². The van der Waals surface area contributed by atoms with Crippen LogP contribution in [0.25, 0.3) is 0 Å². The van der Waals surface area contributed by atoms with Crippen LogP contribution in [0.4, 0.5) is 11.6 Å². The quantitative estimate of drug-likeness (QED) is 0.916. The Bertz CT molecular complexity index is 463. The van der Waals surface area contributed by atoms with Crippen LogP contribution in [-0.4, -0.2) is 35.3 Å². The number of nitrogens with two attached hydrogens (primary N) is 1. The van der Waals surface area contributed by atoms with Gasteiger partial charge in [0.05, 0.1) is 18.8 Å². The van der Waals surface area contributed by atoms with Crippen molar-refractivity contribution in [1.82, 2.24) is 9.97 Å². The van der Waals surface area contributed by atoms with E-state index >= 15 is 0 Å². The summed E-state index contributed by atoms with van der Waals surface area (Å²) in [5.41, 5.74) is 5.96. The highest BCUT2D eigenvalue weighted by Crippen LogP contribution is 2.31. The van der Waals surface area contributed by atoms with Crippen molar-refractivity contribution in [3.8, 4) is 0 Å². The Morgan fingerprint density at radius 2 is 2.20 bits per heavy atom. The highest BCUT2D eigenvalue weighted by molar-refractivity contribution is 5.48. The van der Waals surface area contributed by atoms with Crippen molar-refractivity contribution in [2.75, 3.05) is 23.8 Å². The molecule has 1 aliphatic heterocycles. The van der Waals surface area contributed by atoms with Crippen LogP contribution >= 0.6 is 0 Å². The first-order chi connectivity index (χ1) is 9.78. The normalized spacial score (nSPS) is 26.4. The molecule has 0 aromatic carbocycles. The molecule has 2 fully saturated rings. The van der Waals surface area contributed by atoms with Gasteiger partial charge in [0.15, 0.2) is 0 Å². The maximum absolute atomic E-state index is 5.96. The Kier molecular flexibility index (Phi) is 4.05. The van der Waals surface area contributed by atoms with Crippen molar-refractivity contribution in [2.24, 2.45) is 0 Å². The SMILES string of the molecule is CCCc1nc(N)cc(N2CCOC3CCCCC32)n1. The lowest BCUT2D eigenvalue weighted by atomic mass is 9.90. The van der Waals surface area contributed by atoms with Gasteiger partial charge in [0.2, 0.25) is 0 Å². The van der Waals surface area contributed by atoms with Crippen LogP contribution in [0.2, 0.25) is 0 Å². The monoisotopic (exact) mass is 276 g/mol. The number of hydrogen-bond donors (Lipinski definition) is 1. The van der Waals surface area contributed by atoms with E-state index < -0.39 is 0 Å². The van der Waals surface area contributed by atoms with Crippen LogP contribution in [0, 0.1) is 0 Å². The molecule has 0 amide bonds. The number of nitrogens with zero attached hydrogens (tertiary/aromatic N) is 3. The van der Waals surface area contributed by atoms with Crippen LogP contribution in [0.15, 0.2) is 6.07 Å². The molecule has 2 N–H and O–H groups in total. The number of aryl methyl sites for hydroxylation is 1. The van der Waals surface area contributed by atoms with Crippen LogP contribution in [0.5, 0.6) is 0 Å². The predicted molar refractivity (Wildman–Crippen MR) is 79.8 cm³/mol. The summed E-state index contributed by atoms with van der Waals surface area (Å²) in [5.74, 6) is 2.43. The fraction of sp³-hybridized carbons (Fsp3) is 0.733. The summed E-state index contributed by atoms with van der Waals surface area (Å²) < 4.78 is 5.93. The summed E-state index contributed by atoms with van der Waals surface area (Å²) in [6.45, 7) is 3.83. The smallest absolute Gasteiger partial charge is 0.134 e. The minimum Gasteiger partial charge on any atom is -0.384 e. The second-order valence-electron chi connectivity index (χ2n) is 5.77. The highest BCUT2D eigenvalue weighted by atomic mass is 16.5. The Morgan fingerprint density at radius 3 is 3.05 bits per heavy atom. The number of fused-ring (bicyclic) bond motifs is 1. The molecule has 0 spiro atoms. The van der Waals surface area contributed by atoms with E-state index in [1.165, 1.54) is 25.7 Å². The lowest BCUT2D eigenvalue weighted by Crippen LogP contribution is -2.53. The molecular weight excluding hydrogens is 252 g/mol. The maximum Gasteiger partial charge on any atom is 0.134 e. The minimum absolute atomic E-state index is 0.364. The molecule has 2 aliphatic rings. The highest BCUT2D eigenvalue weighted by Gasteiger charge is 2.35. The molecule has 0 bridgehead atoms. The summed E-state index contributed by atoms with van der Waals surface area (Å²) >= 11 is 0. The Balaban J connectivity index is 1.86. The van der Waals surface area contributed by atoms with E-state index in [0.717, 1.165) is 37.6 Å². The van der Waals surface area contributed by atoms with E-state index in [2.05, 4.69) is 16.8 Å². The number of ether oxygens (including phenoxy) is 1. The van der Waals surface area contributed by atoms with E-state index in [0.29, 0.717) is 18.0 Å². The zero-order chi connectivity index (χ0) is 13.9. The maximum atomic E-state index is 5.96. The summed E-state index contributed by atoms with van der Waals surface area (Å²) in [5, 5.41) is 0. The lowest BCUT2D eigenvalue weighted by Gasteiger charge is -2.44. The first-order valence-electron chi connectivity index (χ1n) is 7.79. The van der Waals surface area contributed by atoms with Gasteiger partial charge in [0.1, 0.15) is 17.5 Å². The Hall–Kier alpha value is -1.36. The van der Waals surface area contributed by atoms with Crippen molar-refractivity contribution in [3.05, 3.63) is 11.9 Å². The zero-order valence-corrected chi connectivity index (χ0v) is 12.2. The van der Waals surface area contributed by atoms with Gasteiger partial charge >= 0.3 is 0 Å². The van der Waals surface area contributed by atoms with Gasteiger partial charge < -0.3 is 15.4 Å². The third-order valence-electron chi connectivity index (χ3n) is 4.28. The molecule has 2 atom stereocenters. The van der Waals surface area contributed by atoms with Crippen LogP contribution in [-0.2, 0) is 11.2 Å². The molecule has 5 heteroatoms. The zero-order valence-electron chi connectivity index (χ0n) is 12.2. The molecule has 1 aromatic heterocycles. The Morgan fingerprint density at radius 1 is 1.35 bits per heavy atom. The number of rotatable bonds is 3. The fourth-order valence-electron chi connectivity index (χ4n) is 3.37. The van der Waals surface area contributed by atoms with Gasteiger partial charge in [-0.05, 0) is 19.3 Å². The second-order valence-corrected chi connectivity index (χ2v) is 5.77. The summed E-state index contributed by atoms with van der Waals surface area (Å²) in [7, 11) is 0. The molecule has 0 radical (unpaired) electrons. The fourth-order valence-corrected chi connectivity index (χ4v) is 3.37. The van der Waals surface area contributed by atoms with Gasteiger partial charge in [-0.3, -0.25) is 0 Å². The van der Waals surface area contributed by atoms with Gasteiger partial charge in [0.25, 0.3) is 0 Å². The first-order valence-corrected chi connectivity index (χ1v) is 7.79. The molecule has 1 aromatic rings. The van der Waals surface area contributed by atoms with E-state index in [4.69, 9.17) is 15.5 Å².